The summed E-state index contributed by atoms with van der Waals surface area (Å²) >= 11 is 0. The van der Waals surface area contributed by atoms with Crippen LogP contribution in [-0.4, -0.2) is 6.61 Å². The molecule has 0 bridgehead atoms. The lowest BCUT2D eigenvalue weighted by molar-refractivity contribution is 0.119. The van der Waals surface area contributed by atoms with Gasteiger partial charge in [-0.3, -0.25) is 0 Å². The zero-order valence-corrected chi connectivity index (χ0v) is 18.3. The Morgan fingerprint density at radius 1 is 0.690 bits per heavy atom. The maximum absolute atomic E-state index is 14.2. The predicted octanol–water partition coefficient (Wildman–Crippen LogP) is 7.76. The van der Waals surface area contributed by atoms with Gasteiger partial charge in [0.05, 0.1) is 6.61 Å². The van der Waals surface area contributed by atoms with Gasteiger partial charge in [0.15, 0.2) is 11.6 Å². The number of hydrogen-bond donors (Lipinski definition) is 0. The Morgan fingerprint density at radius 2 is 1.17 bits per heavy atom. The highest BCUT2D eigenvalue weighted by molar-refractivity contribution is 5.38. The number of aryl methyl sites for hydroxylation is 2. The zero-order valence-electron chi connectivity index (χ0n) is 18.3. The minimum Gasteiger partial charge on any atom is -0.490 e. The van der Waals surface area contributed by atoms with Gasteiger partial charge in [0.25, 0.3) is 0 Å². The molecule has 0 saturated heterocycles. The molecule has 0 aliphatic heterocycles. The minimum atomic E-state index is -0.824. The molecule has 162 valence electrons. The number of hydrogen-bond acceptors (Lipinski definition) is 1. The van der Waals surface area contributed by atoms with Crippen LogP contribution in [0, 0.1) is 55.1 Å². The quantitative estimate of drug-likeness (QED) is 0.451. The first-order valence-electron chi connectivity index (χ1n) is 12.1. The van der Waals surface area contributed by atoms with Gasteiger partial charge in [-0.25, -0.2) is 4.39 Å². The minimum absolute atomic E-state index is 0.111. The van der Waals surface area contributed by atoms with E-state index >= 15 is 0 Å². The Morgan fingerprint density at radius 3 is 1.69 bits per heavy atom. The van der Waals surface area contributed by atoms with E-state index in [0.29, 0.717) is 23.7 Å². The van der Waals surface area contributed by atoms with Crippen molar-refractivity contribution < 1.29 is 13.5 Å². The highest BCUT2D eigenvalue weighted by Gasteiger charge is 2.32. The van der Waals surface area contributed by atoms with Gasteiger partial charge in [-0.15, -0.1) is 0 Å². The maximum atomic E-state index is 14.2. The van der Waals surface area contributed by atoms with Gasteiger partial charge in [0, 0.05) is 0 Å². The highest BCUT2D eigenvalue weighted by atomic mass is 19.2. The highest BCUT2D eigenvalue weighted by Crippen LogP contribution is 2.44. The van der Waals surface area contributed by atoms with Crippen LogP contribution in [0.5, 0.6) is 5.75 Å². The van der Waals surface area contributed by atoms with Gasteiger partial charge in [0.1, 0.15) is 0 Å². The van der Waals surface area contributed by atoms with E-state index in [1.807, 2.05) is 0 Å². The van der Waals surface area contributed by atoms with Crippen LogP contribution >= 0.6 is 0 Å². The van der Waals surface area contributed by atoms with Crippen molar-refractivity contribution >= 4 is 0 Å². The van der Waals surface area contributed by atoms with Crippen LogP contribution in [0.1, 0.15) is 88.2 Å². The molecule has 0 spiro atoms. The summed E-state index contributed by atoms with van der Waals surface area (Å²) in [5.74, 6) is 2.88. The average Bonchev–Trinajstić information content (AvgIpc) is 3.56. The van der Waals surface area contributed by atoms with E-state index in [-0.39, 0.29) is 5.75 Å². The molecule has 3 fully saturated rings. The molecule has 3 heteroatoms. The summed E-state index contributed by atoms with van der Waals surface area (Å²) in [5, 5.41) is 0. The van der Waals surface area contributed by atoms with Crippen LogP contribution in [0.2, 0.25) is 0 Å². The van der Waals surface area contributed by atoms with Crippen molar-refractivity contribution in [3.63, 3.8) is 0 Å². The number of benzene rings is 1. The molecule has 3 aliphatic carbocycles. The van der Waals surface area contributed by atoms with Crippen molar-refractivity contribution in [1.29, 1.82) is 0 Å². The van der Waals surface area contributed by atoms with E-state index in [0.717, 1.165) is 23.7 Å². The molecule has 0 radical (unpaired) electrons. The fourth-order valence-electron chi connectivity index (χ4n) is 5.93. The van der Waals surface area contributed by atoms with Crippen LogP contribution in [-0.2, 0) is 0 Å². The molecule has 1 aromatic rings. The third kappa shape index (κ3) is 5.33. The Kier molecular flexibility index (Phi) is 6.81. The lowest BCUT2D eigenvalue weighted by Gasteiger charge is -2.38. The van der Waals surface area contributed by atoms with Gasteiger partial charge in [-0.05, 0) is 99.2 Å². The molecule has 3 saturated carbocycles. The molecule has 29 heavy (non-hydrogen) atoms. The maximum Gasteiger partial charge on any atom is 0.201 e. The summed E-state index contributed by atoms with van der Waals surface area (Å²) in [7, 11) is 0. The number of rotatable bonds is 7. The largest absolute Gasteiger partial charge is 0.490 e. The number of halogens is 2. The van der Waals surface area contributed by atoms with Gasteiger partial charge in [0.2, 0.25) is 5.82 Å². The average molecular weight is 405 g/mol. The van der Waals surface area contributed by atoms with Crippen molar-refractivity contribution in [2.75, 3.05) is 6.61 Å². The monoisotopic (exact) mass is 404 g/mol. The van der Waals surface area contributed by atoms with E-state index in [4.69, 9.17) is 4.74 Å². The Hall–Kier alpha value is -1.12. The first-order valence-corrected chi connectivity index (χ1v) is 12.1. The first kappa shape index (κ1) is 21.1. The summed E-state index contributed by atoms with van der Waals surface area (Å²) in [5.41, 5.74) is 1.03. The Balaban J connectivity index is 1.19. The molecule has 0 N–H and O–H groups in total. The number of ether oxygens (including phenoxy) is 1. The summed E-state index contributed by atoms with van der Waals surface area (Å²) in [6.45, 7) is 3.90. The molecule has 0 aromatic heterocycles. The smallest absolute Gasteiger partial charge is 0.201 e. The predicted molar refractivity (Wildman–Crippen MR) is 114 cm³/mol. The SMILES string of the molecule is Cc1cc(C)c(OCC2CCC(C3CCC(CCC4CC4)CC3)CC2)c(F)c1F. The Bertz CT molecular complexity index is 680. The van der Waals surface area contributed by atoms with Crippen molar-refractivity contribution in [3.8, 4) is 5.75 Å². The van der Waals surface area contributed by atoms with Gasteiger partial charge < -0.3 is 4.74 Å². The molecule has 1 aromatic carbocycles. The van der Waals surface area contributed by atoms with E-state index < -0.39 is 11.6 Å². The molecule has 0 unspecified atom stereocenters. The molecular weight excluding hydrogens is 366 g/mol. The van der Waals surface area contributed by atoms with Crippen LogP contribution in [0.15, 0.2) is 6.07 Å². The van der Waals surface area contributed by atoms with Crippen molar-refractivity contribution in [3.05, 3.63) is 28.8 Å². The van der Waals surface area contributed by atoms with Gasteiger partial charge in [-0.1, -0.05) is 38.5 Å². The van der Waals surface area contributed by atoms with Gasteiger partial charge in [-0.2, -0.15) is 4.39 Å². The topological polar surface area (TPSA) is 9.23 Å². The second-order valence-electron chi connectivity index (χ2n) is 10.4. The summed E-state index contributed by atoms with van der Waals surface area (Å²) in [6.07, 6.45) is 16.7. The third-order valence-electron chi connectivity index (χ3n) is 8.12. The first-order chi connectivity index (χ1) is 14.0. The summed E-state index contributed by atoms with van der Waals surface area (Å²) in [6, 6.07) is 1.67. The molecule has 0 heterocycles. The van der Waals surface area contributed by atoms with Crippen molar-refractivity contribution in [2.45, 2.75) is 90.9 Å². The standard InChI is InChI=1S/C26H38F2O/c1-17-15-18(2)26(25(28)24(17)27)29-16-21-9-13-23(14-10-21)22-11-7-20(8-12-22)6-5-19-3-4-19/h15,19-23H,3-14,16H2,1-2H3. The summed E-state index contributed by atoms with van der Waals surface area (Å²) < 4.78 is 33.8. The Labute approximate surface area is 175 Å². The lowest BCUT2D eigenvalue weighted by Crippen LogP contribution is -2.27. The molecule has 0 atom stereocenters. The van der Waals surface area contributed by atoms with Gasteiger partial charge >= 0.3 is 0 Å². The fraction of sp³-hybridized carbons (Fsp3) is 0.769. The molecule has 1 nitrogen and oxygen atoms in total. The van der Waals surface area contributed by atoms with Crippen molar-refractivity contribution in [2.24, 2.45) is 29.6 Å². The van der Waals surface area contributed by atoms with E-state index in [2.05, 4.69) is 0 Å². The molecule has 3 aliphatic rings. The second-order valence-corrected chi connectivity index (χ2v) is 10.4. The third-order valence-corrected chi connectivity index (χ3v) is 8.12. The van der Waals surface area contributed by atoms with Crippen LogP contribution < -0.4 is 4.74 Å². The van der Waals surface area contributed by atoms with E-state index in [9.17, 15) is 8.78 Å². The van der Waals surface area contributed by atoms with E-state index in [1.165, 1.54) is 77.0 Å². The molecular formula is C26H38F2O. The van der Waals surface area contributed by atoms with E-state index in [1.54, 1.807) is 19.9 Å². The van der Waals surface area contributed by atoms with Crippen LogP contribution in [0.4, 0.5) is 8.78 Å². The lowest BCUT2D eigenvalue weighted by atomic mass is 9.69. The fourth-order valence-corrected chi connectivity index (χ4v) is 5.93. The normalized spacial score (nSPS) is 30.3. The van der Waals surface area contributed by atoms with Crippen molar-refractivity contribution in [1.82, 2.24) is 0 Å². The second kappa shape index (κ2) is 9.35. The molecule has 0 amide bonds. The summed E-state index contributed by atoms with van der Waals surface area (Å²) in [4.78, 5) is 0. The van der Waals surface area contributed by atoms with Crippen LogP contribution in [0.25, 0.3) is 0 Å². The molecule has 4 rings (SSSR count). The zero-order chi connectivity index (χ0) is 20.4. The van der Waals surface area contributed by atoms with Crippen LogP contribution in [0.3, 0.4) is 0 Å².